The van der Waals surface area contributed by atoms with Crippen molar-refractivity contribution >= 4 is 11.6 Å². The highest BCUT2D eigenvalue weighted by atomic mass is 15.1. The van der Waals surface area contributed by atoms with Gasteiger partial charge in [-0.1, -0.05) is 6.42 Å². The molecule has 86 valence electrons. The molecule has 2 aliphatic carbocycles. The second-order valence-electron chi connectivity index (χ2n) is 4.99. The molecule has 3 rings (SSSR count). The average Bonchev–Trinajstić information content (AvgIpc) is 2.97. The highest BCUT2D eigenvalue weighted by molar-refractivity contribution is 5.45. The first kappa shape index (κ1) is 9.87. The van der Waals surface area contributed by atoms with Crippen LogP contribution in [-0.2, 0) is 0 Å². The lowest BCUT2D eigenvalue weighted by molar-refractivity contribution is 0.333. The molecule has 0 aliphatic heterocycles. The predicted molar refractivity (Wildman–Crippen MR) is 64.3 cm³/mol. The van der Waals surface area contributed by atoms with Crippen LogP contribution in [0.25, 0.3) is 0 Å². The van der Waals surface area contributed by atoms with Crippen LogP contribution in [-0.4, -0.2) is 16.5 Å². The largest absolute Gasteiger partial charge is 0.384 e. The SMILES string of the molecule is Nc1cc(NCC2CCC2)nc(C2CC2)n1. The van der Waals surface area contributed by atoms with Crippen LogP contribution >= 0.6 is 0 Å². The molecule has 2 saturated carbocycles. The molecular weight excluding hydrogens is 200 g/mol. The molecular formula is C12H18N4. The van der Waals surface area contributed by atoms with Crippen LogP contribution in [0.1, 0.15) is 43.8 Å². The summed E-state index contributed by atoms with van der Waals surface area (Å²) in [5.74, 6) is 3.82. The van der Waals surface area contributed by atoms with Gasteiger partial charge in [-0.2, -0.15) is 0 Å². The van der Waals surface area contributed by atoms with E-state index in [4.69, 9.17) is 5.73 Å². The summed E-state index contributed by atoms with van der Waals surface area (Å²) in [6.07, 6.45) is 6.51. The number of nitrogens with one attached hydrogen (secondary N) is 1. The van der Waals surface area contributed by atoms with Crippen molar-refractivity contribution in [1.29, 1.82) is 0 Å². The van der Waals surface area contributed by atoms with Crippen molar-refractivity contribution < 1.29 is 0 Å². The Balaban J connectivity index is 1.67. The minimum Gasteiger partial charge on any atom is -0.384 e. The maximum absolute atomic E-state index is 5.79. The molecule has 2 aliphatic rings. The van der Waals surface area contributed by atoms with Crippen molar-refractivity contribution in [3.8, 4) is 0 Å². The van der Waals surface area contributed by atoms with Gasteiger partial charge in [-0.3, -0.25) is 0 Å². The highest BCUT2D eigenvalue weighted by Gasteiger charge is 2.27. The summed E-state index contributed by atoms with van der Waals surface area (Å²) in [5.41, 5.74) is 5.79. The summed E-state index contributed by atoms with van der Waals surface area (Å²) < 4.78 is 0. The van der Waals surface area contributed by atoms with Crippen molar-refractivity contribution in [2.24, 2.45) is 5.92 Å². The van der Waals surface area contributed by atoms with Crippen molar-refractivity contribution in [1.82, 2.24) is 9.97 Å². The van der Waals surface area contributed by atoms with Gasteiger partial charge in [0.25, 0.3) is 0 Å². The third kappa shape index (κ3) is 2.10. The summed E-state index contributed by atoms with van der Waals surface area (Å²) >= 11 is 0. The quantitative estimate of drug-likeness (QED) is 0.812. The first-order chi connectivity index (χ1) is 7.81. The lowest BCUT2D eigenvalue weighted by Gasteiger charge is -2.25. The van der Waals surface area contributed by atoms with Crippen molar-refractivity contribution in [3.63, 3.8) is 0 Å². The number of rotatable bonds is 4. The van der Waals surface area contributed by atoms with E-state index < -0.39 is 0 Å². The summed E-state index contributed by atoms with van der Waals surface area (Å²) in [6.45, 7) is 1.03. The minimum absolute atomic E-state index is 0.563. The Kier molecular flexibility index (Phi) is 2.42. The summed E-state index contributed by atoms with van der Waals surface area (Å²) in [6, 6.07) is 1.84. The zero-order chi connectivity index (χ0) is 11.0. The van der Waals surface area contributed by atoms with Gasteiger partial charge in [0.1, 0.15) is 17.5 Å². The van der Waals surface area contributed by atoms with Crippen LogP contribution in [0.3, 0.4) is 0 Å². The average molecular weight is 218 g/mol. The van der Waals surface area contributed by atoms with E-state index in [1.165, 1.54) is 32.1 Å². The lowest BCUT2D eigenvalue weighted by atomic mass is 9.85. The maximum Gasteiger partial charge on any atom is 0.136 e. The molecule has 0 amide bonds. The Morgan fingerprint density at radius 1 is 1.25 bits per heavy atom. The van der Waals surface area contributed by atoms with Gasteiger partial charge in [-0.15, -0.1) is 0 Å². The molecule has 0 saturated heterocycles. The molecule has 0 radical (unpaired) electrons. The molecule has 0 spiro atoms. The molecule has 2 fully saturated rings. The normalized spacial score (nSPS) is 20.5. The molecule has 4 nitrogen and oxygen atoms in total. The fourth-order valence-corrected chi connectivity index (χ4v) is 2.05. The van der Waals surface area contributed by atoms with Gasteiger partial charge in [-0.05, 0) is 31.6 Å². The number of nitrogen functional groups attached to an aromatic ring is 1. The summed E-state index contributed by atoms with van der Waals surface area (Å²) in [5, 5.41) is 3.38. The van der Waals surface area contributed by atoms with Gasteiger partial charge in [0.05, 0.1) is 0 Å². The number of anilines is 2. The zero-order valence-corrected chi connectivity index (χ0v) is 9.45. The standard InChI is InChI=1S/C12H18N4/c13-10-6-11(14-7-8-2-1-3-8)16-12(15-10)9-4-5-9/h6,8-9H,1-5,7H2,(H3,13,14,15,16). The van der Waals surface area contributed by atoms with Crippen LogP contribution < -0.4 is 11.1 Å². The Hall–Kier alpha value is -1.32. The smallest absolute Gasteiger partial charge is 0.136 e. The van der Waals surface area contributed by atoms with E-state index in [2.05, 4.69) is 15.3 Å². The van der Waals surface area contributed by atoms with E-state index in [9.17, 15) is 0 Å². The molecule has 3 N–H and O–H groups in total. The Labute approximate surface area is 95.7 Å². The third-order valence-electron chi connectivity index (χ3n) is 3.50. The second-order valence-corrected chi connectivity index (χ2v) is 4.99. The number of hydrogen-bond acceptors (Lipinski definition) is 4. The van der Waals surface area contributed by atoms with Crippen molar-refractivity contribution in [2.45, 2.75) is 38.0 Å². The fraction of sp³-hybridized carbons (Fsp3) is 0.667. The van der Waals surface area contributed by atoms with Crippen LogP contribution in [0.4, 0.5) is 11.6 Å². The van der Waals surface area contributed by atoms with Gasteiger partial charge < -0.3 is 11.1 Å². The Morgan fingerprint density at radius 2 is 2.06 bits per heavy atom. The van der Waals surface area contributed by atoms with Crippen LogP contribution in [0.2, 0.25) is 0 Å². The zero-order valence-electron chi connectivity index (χ0n) is 9.45. The van der Waals surface area contributed by atoms with E-state index in [1.54, 1.807) is 0 Å². The highest BCUT2D eigenvalue weighted by Crippen LogP contribution is 2.38. The molecule has 16 heavy (non-hydrogen) atoms. The predicted octanol–water partition coefficient (Wildman–Crippen LogP) is 2.15. The van der Waals surface area contributed by atoms with Gasteiger partial charge in [0.2, 0.25) is 0 Å². The third-order valence-corrected chi connectivity index (χ3v) is 3.50. The summed E-state index contributed by atoms with van der Waals surface area (Å²) in [4.78, 5) is 8.81. The second kappa shape index (κ2) is 3.92. The molecule has 1 aromatic rings. The van der Waals surface area contributed by atoms with Gasteiger partial charge in [0, 0.05) is 18.5 Å². The molecule has 1 aromatic heterocycles. The van der Waals surface area contributed by atoms with Gasteiger partial charge >= 0.3 is 0 Å². The molecule has 0 atom stereocenters. The lowest BCUT2D eigenvalue weighted by Crippen LogP contribution is -2.21. The first-order valence-electron chi connectivity index (χ1n) is 6.19. The van der Waals surface area contributed by atoms with E-state index in [0.29, 0.717) is 11.7 Å². The van der Waals surface area contributed by atoms with Crippen molar-refractivity contribution in [2.75, 3.05) is 17.6 Å². The fourth-order valence-electron chi connectivity index (χ4n) is 2.05. The topological polar surface area (TPSA) is 63.8 Å². The number of hydrogen-bond donors (Lipinski definition) is 2. The molecule has 0 unspecified atom stereocenters. The monoisotopic (exact) mass is 218 g/mol. The number of nitrogens with two attached hydrogens (primary N) is 1. The Bertz CT molecular complexity index is 383. The molecule has 0 aromatic carbocycles. The Morgan fingerprint density at radius 3 is 2.69 bits per heavy atom. The minimum atomic E-state index is 0.563. The van der Waals surface area contributed by atoms with E-state index in [1.807, 2.05) is 6.07 Å². The van der Waals surface area contributed by atoms with Crippen LogP contribution in [0.5, 0.6) is 0 Å². The van der Waals surface area contributed by atoms with Gasteiger partial charge in [-0.25, -0.2) is 9.97 Å². The maximum atomic E-state index is 5.79. The summed E-state index contributed by atoms with van der Waals surface area (Å²) in [7, 11) is 0. The van der Waals surface area contributed by atoms with E-state index in [0.717, 1.165) is 24.1 Å². The molecule has 1 heterocycles. The van der Waals surface area contributed by atoms with Crippen LogP contribution in [0.15, 0.2) is 6.07 Å². The molecule has 4 heteroatoms. The van der Waals surface area contributed by atoms with E-state index in [-0.39, 0.29) is 0 Å². The van der Waals surface area contributed by atoms with E-state index >= 15 is 0 Å². The number of aromatic nitrogens is 2. The number of nitrogens with zero attached hydrogens (tertiary/aromatic N) is 2. The van der Waals surface area contributed by atoms with Crippen molar-refractivity contribution in [3.05, 3.63) is 11.9 Å². The van der Waals surface area contributed by atoms with Gasteiger partial charge in [0.15, 0.2) is 0 Å². The first-order valence-corrected chi connectivity index (χ1v) is 6.19. The van der Waals surface area contributed by atoms with Crippen LogP contribution in [0, 0.1) is 5.92 Å². The molecule has 0 bridgehead atoms.